The van der Waals surface area contributed by atoms with Crippen LogP contribution in [0.1, 0.15) is 25.0 Å². The number of rotatable bonds is 1. The molecule has 0 fully saturated rings. The summed E-state index contributed by atoms with van der Waals surface area (Å²) < 4.78 is 12.5. The second-order valence-corrected chi connectivity index (χ2v) is 8.07. The number of hydrogen-bond donors (Lipinski definition) is 0. The van der Waals surface area contributed by atoms with E-state index in [2.05, 4.69) is 50.2 Å². The molecule has 0 atom stereocenters. The van der Waals surface area contributed by atoms with Gasteiger partial charge in [0, 0.05) is 45.1 Å². The predicted octanol–water partition coefficient (Wildman–Crippen LogP) is 7.08. The third kappa shape index (κ3) is 2.27. The van der Waals surface area contributed by atoms with Crippen LogP contribution in [0.2, 0.25) is 0 Å². The molecule has 29 heavy (non-hydrogen) atoms. The SMILES string of the molecule is CC1(C)c2ccccc2Oc2cc(-c3cccc4c3oc3ccccc34)ncc21. The standard InChI is InChI=1S/C26H19NO2/c1-26(2)19-11-4-6-13-23(19)28-24-14-21(27-15-20(24)26)18-10-7-9-17-16-8-3-5-12-22(16)29-25(17)18/h3-15H,1-2H3. The first-order valence-electron chi connectivity index (χ1n) is 9.81. The number of aromatic nitrogens is 1. The van der Waals surface area contributed by atoms with Gasteiger partial charge < -0.3 is 9.15 Å². The Hall–Kier alpha value is -3.59. The third-order valence-corrected chi connectivity index (χ3v) is 6.00. The number of hydrogen-bond acceptors (Lipinski definition) is 3. The Morgan fingerprint density at radius 1 is 0.759 bits per heavy atom. The summed E-state index contributed by atoms with van der Waals surface area (Å²) in [6, 6.07) is 24.6. The molecule has 0 unspecified atom stereocenters. The van der Waals surface area contributed by atoms with Crippen molar-refractivity contribution in [2.75, 3.05) is 0 Å². The fraction of sp³-hybridized carbons (Fsp3) is 0.115. The lowest BCUT2D eigenvalue weighted by atomic mass is 9.76. The second kappa shape index (κ2) is 5.71. The molecule has 0 saturated heterocycles. The number of nitrogens with zero attached hydrogens (tertiary/aromatic N) is 1. The molecule has 0 N–H and O–H groups in total. The van der Waals surface area contributed by atoms with Gasteiger partial charge in [0.1, 0.15) is 22.7 Å². The molecule has 0 amide bonds. The van der Waals surface area contributed by atoms with Crippen molar-refractivity contribution in [3.05, 3.63) is 90.1 Å². The van der Waals surface area contributed by atoms with Crippen molar-refractivity contribution in [1.82, 2.24) is 4.98 Å². The smallest absolute Gasteiger partial charge is 0.144 e. The number of pyridine rings is 1. The average molecular weight is 377 g/mol. The highest BCUT2D eigenvalue weighted by molar-refractivity contribution is 6.09. The largest absolute Gasteiger partial charge is 0.457 e. The molecule has 140 valence electrons. The number of furan rings is 1. The molecule has 0 bridgehead atoms. The first-order chi connectivity index (χ1) is 14.1. The van der Waals surface area contributed by atoms with E-state index in [1.165, 1.54) is 5.56 Å². The Labute approximate surface area is 168 Å². The predicted molar refractivity (Wildman–Crippen MR) is 116 cm³/mol. The maximum absolute atomic E-state index is 6.28. The highest BCUT2D eigenvalue weighted by atomic mass is 16.5. The monoisotopic (exact) mass is 377 g/mol. The third-order valence-electron chi connectivity index (χ3n) is 6.00. The Balaban J connectivity index is 1.56. The van der Waals surface area contributed by atoms with Crippen LogP contribution in [0.3, 0.4) is 0 Å². The van der Waals surface area contributed by atoms with Crippen molar-refractivity contribution >= 4 is 21.9 Å². The average Bonchev–Trinajstić information content (AvgIpc) is 3.12. The van der Waals surface area contributed by atoms with Gasteiger partial charge in [0.25, 0.3) is 0 Å². The van der Waals surface area contributed by atoms with E-state index in [0.29, 0.717) is 0 Å². The maximum Gasteiger partial charge on any atom is 0.144 e. The van der Waals surface area contributed by atoms with E-state index in [1.54, 1.807) is 0 Å². The molecule has 1 aliphatic rings. The van der Waals surface area contributed by atoms with E-state index in [4.69, 9.17) is 14.1 Å². The van der Waals surface area contributed by atoms with Gasteiger partial charge >= 0.3 is 0 Å². The highest BCUT2D eigenvalue weighted by Crippen LogP contribution is 2.48. The number of ether oxygens (including phenoxy) is 1. The lowest BCUT2D eigenvalue weighted by Gasteiger charge is -2.34. The summed E-state index contributed by atoms with van der Waals surface area (Å²) in [7, 11) is 0. The van der Waals surface area contributed by atoms with Crippen LogP contribution in [-0.4, -0.2) is 4.98 Å². The first kappa shape index (κ1) is 16.4. The van der Waals surface area contributed by atoms with Crippen LogP contribution in [0.5, 0.6) is 11.5 Å². The Morgan fingerprint density at radius 2 is 1.55 bits per heavy atom. The minimum atomic E-state index is -0.166. The fourth-order valence-electron chi connectivity index (χ4n) is 4.42. The molecule has 1 aliphatic heterocycles. The van der Waals surface area contributed by atoms with Gasteiger partial charge in [-0.25, -0.2) is 0 Å². The lowest BCUT2D eigenvalue weighted by Crippen LogP contribution is -2.24. The summed E-state index contributed by atoms with van der Waals surface area (Å²) in [5, 5.41) is 2.22. The van der Waals surface area contributed by atoms with Crippen molar-refractivity contribution < 1.29 is 9.15 Å². The molecule has 0 radical (unpaired) electrons. The number of para-hydroxylation sites is 3. The summed E-state index contributed by atoms with van der Waals surface area (Å²) in [4.78, 5) is 4.81. The van der Waals surface area contributed by atoms with Gasteiger partial charge in [0.15, 0.2) is 0 Å². The van der Waals surface area contributed by atoms with Crippen molar-refractivity contribution in [2.24, 2.45) is 0 Å². The second-order valence-electron chi connectivity index (χ2n) is 8.07. The lowest BCUT2D eigenvalue weighted by molar-refractivity contribution is 0.417. The van der Waals surface area contributed by atoms with Crippen LogP contribution < -0.4 is 4.74 Å². The molecule has 6 rings (SSSR count). The molecule has 0 aliphatic carbocycles. The van der Waals surface area contributed by atoms with Crippen molar-refractivity contribution in [2.45, 2.75) is 19.3 Å². The van der Waals surface area contributed by atoms with E-state index < -0.39 is 0 Å². The van der Waals surface area contributed by atoms with Crippen LogP contribution in [0, 0.1) is 0 Å². The molecule has 3 nitrogen and oxygen atoms in total. The van der Waals surface area contributed by atoms with E-state index in [0.717, 1.165) is 50.3 Å². The molecular formula is C26H19NO2. The van der Waals surface area contributed by atoms with Crippen LogP contribution in [0.15, 0.2) is 83.4 Å². The summed E-state index contributed by atoms with van der Waals surface area (Å²) in [6.07, 6.45) is 1.95. The van der Waals surface area contributed by atoms with Crippen molar-refractivity contribution in [3.8, 4) is 22.8 Å². The summed E-state index contributed by atoms with van der Waals surface area (Å²) in [5.74, 6) is 1.76. The summed E-state index contributed by atoms with van der Waals surface area (Å²) in [5.41, 5.74) is 5.68. The minimum Gasteiger partial charge on any atom is -0.457 e. The van der Waals surface area contributed by atoms with Gasteiger partial charge in [-0.15, -0.1) is 0 Å². The van der Waals surface area contributed by atoms with Crippen molar-refractivity contribution in [1.29, 1.82) is 0 Å². The molecule has 0 saturated carbocycles. The van der Waals surface area contributed by atoms with E-state index in [-0.39, 0.29) is 5.41 Å². The molecule has 5 aromatic rings. The van der Waals surface area contributed by atoms with Crippen LogP contribution in [0.4, 0.5) is 0 Å². The number of fused-ring (bicyclic) bond motifs is 5. The van der Waals surface area contributed by atoms with Gasteiger partial charge in [-0.05, 0) is 18.2 Å². The minimum absolute atomic E-state index is 0.166. The zero-order valence-electron chi connectivity index (χ0n) is 16.3. The normalized spacial score (nSPS) is 14.4. The molecule has 3 aromatic carbocycles. The van der Waals surface area contributed by atoms with Gasteiger partial charge in [-0.2, -0.15) is 0 Å². The number of benzene rings is 3. The molecule has 3 heteroatoms. The molecule has 0 spiro atoms. The molecule has 3 heterocycles. The Kier molecular flexibility index (Phi) is 3.22. The Bertz CT molecular complexity index is 1410. The van der Waals surface area contributed by atoms with E-state index in [1.807, 2.05) is 42.6 Å². The first-order valence-corrected chi connectivity index (χ1v) is 9.81. The topological polar surface area (TPSA) is 35.3 Å². The van der Waals surface area contributed by atoms with Crippen molar-refractivity contribution in [3.63, 3.8) is 0 Å². The van der Waals surface area contributed by atoms with Gasteiger partial charge in [-0.1, -0.05) is 62.4 Å². The summed E-state index contributed by atoms with van der Waals surface area (Å²) >= 11 is 0. The highest BCUT2D eigenvalue weighted by Gasteiger charge is 2.34. The van der Waals surface area contributed by atoms with Crippen LogP contribution in [-0.2, 0) is 5.41 Å². The summed E-state index contributed by atoms with van der Waals surface area (Å²) in [6.45, 7) is 4.43. The fourth-order valence-corrected chi connectivity index (χ4v) is 4.42. The maximum atomic E-state index is 6.28. The molecular weight excluding hydrogens is 358 g/mol. The molecule has 2 aromatic heterocycles. The van der Waals surface area contributed by atoms with E-state index >= 15 is 0 Å². The van der Waals surface area contributed by atoms with Gasteiger partial charge in [-0.3, -0.25) is 4.98 Å². The van der Waals surface area contributed by atoms with Crippen LogP contribution >= 0.6 is 0 Å². The zero-order chi connectivity index (χ0) is 19.6. The van der Waals surface area contributed by atoms with Gasteiger partial charge in [0.2, 0.25) is 0 Å². The quantitative estimate of drug-likeness (QED) is 0.313. The zero-order valence-corrected chi connectivity index (χ0v) is 16.3. The Morgan fingerprint density at radius 3 is 2.48 bits per heavy atom. The van der Waals surface area contributed by atoms with Gasteiger partial charge in [0.05, 0.1) is 5.69 Å². The van der Waals surface area contributed by atoms with E-state index in [9.17, 15) is 0 Å². The van der Waals surface area contributed by atoms with Crippen LogP contribution in [0.25, 0.3) is 33.2 Å².